The maximum atomic E-state index is 9.69. The molecule has 0 aliphatic rings. The van der Waals surface area contributed by atoms with Crippen LogP contribution in [0.1, 0.15) is 11.1 Å². The Balaban J connectivity index is 2.16. The second-order valence-electron chi connectivity index (χ2n) is 4.05. The van der Waals surface area contributed by atoms with Gasteiger partial charge in [0.15, 0.2) is 0 Å². The molecule has 18 heavy (non-hydrogen) atoms. The lowest BCUT2D eigenvalue weighted by molar-refractivity contribution is 0.462. The molecule has 0 aliphatic carbocycles. The molecule has 0 unspecified atom stereocenters. The quantitative estimate of drug-likeness (QED) is 0.886. The first-order chi connectivity index (χ1) is 8.56. The van der Waals surface area contributed by atoms with Gasteiger partial charge in [0, 0.05) is 10.0 Å². The van der Waals surface area contributed by atoms with Gasteiger partial charge in [-0.2, -0.15) is 0 Å². The highest BCUT2D eigenvalue weighted by molar-refractivity contribution is 6.31. The van der Waals surface area contributed by atoms with Crippen LogP contribution in [0.15, 0.2) is 36.4 Å². The molecule has 2 aromatic carbocycles. The summed E-state index contributed by atoms with van der Waals surface area (Å²) in [7, 11) is 0. The van der Waals surface area contributed by atoms with Gasteiger partial charge in [-0.25, -0.2) is 0 Å². The third-order valence-electron chi connectivity index (χ3n) is 2.75. The molecule has 0 amide bonds. The molecule has 2 aromatic rings. The minimum Gasteiger partial charge on any atom is -0.508 e. The van der Waals surface area contributed by atoms with Crippen LogP contribution in [0.5, 0.6) is 11.5 Å². The van der Waals surface area contributed by atoms with E-state index in [9.17, 15) is 10.2 Å². The third kappa shape index (κ3) is 3.09. The highest BCUT2D eigenvalue weighted by atomic mass is 35.5. The molecule has 0 bridgehead atoms. The Bertz CT molecular complexity index is 516. The van der Waals surface area contributed by atoms with Gasteiger partial charge >= 0.3 is 0 Å². The molecule has 2 rings (SSSR count). The van der Waals surface area contributed by atoms with Gasteiger partial charge in [0.05, 0.1) is 0 Å². The predicted octanol–water partition coefficient (Wildman–Crippen LogP) is 4.19. The van der Waals surface area contributed by atoms with Crippen LogP contribution >= 0.6 is 23.2 Å². The summed E-state index contributed by atoms with van der Waals surface area (Å²) in [4.78, 5) is 0. The lowest BCUT2D eigenvalue weighted by Gasteiger charge is -2.07. The summed E-state index contributed by atoms with van der Waals surface area (Å²) in [5.74, 6) is 0.418. The van der Waals surface area contributed by atoms with Gasteiger partial charge < -0.3 is 10.2 Å². The van der Waals surface area contributed by atoms with Crippen molar-refractivity contribution in [2.24, 2.45) is 0 Å². The van der Waals surface area contributed by atoms with Crippen LogP contribution in [-0.4, -0.2) is 10.2 Å². The Kier molecular flexibility index (Phi) is 4.00. The molecule has 2 N–H and O–H groups in total. The van der Waals surface area contributed by atoms with E-state index in [0.29, 0.717) is 22.9 Å². The number of rotatable bonds is 3. The zero-order valence-corrected chi connectivity index (χ0v) is 11.0. The summed E-state index contributed by atoms with van der Waals surface area (Å²) >= 11 is 11.7. The normalized spacial score (nSPS) is 10.6. The SMILES string of the molecule is Oc1ccc(Cl)cc1CCc1cc(Cl)ccc1O. The van der Waals surface area contributed by atoms with Crippen LogP contribution in [0.4, 0.5) is 0 Å². The van der Waals surface area contributed by atoms with Gasteiger partial charge in [-0.15, -0.1) is 0 Å². The first kappa shape index (κ1) is 13.1. The number of hydrogen-bond donors (Lipinski definition) is 2. The Morgan fingerprint density at radius 2 is 1.11 bits per heavy atom. The Morgan fingerprint density at radius 1 is 0.722 bits per heavy atom. The molecular weight excluding hydrogens is 271 g/mol. The fourth-order valence-electron chi connectivity index (χ4n) is 1.78. The molecular formula is C14H12Cl2O2. The largest absolute Gasteiger partial charge is 0.508 e. The van der Waals surface area contributed by atoms with E-state index in [2.05, 4.69) is 0 Å². The van der Waals surface area contributed by atoms with Crippen LogP contribution in [0.25, 0.3) is 0 Å². The summed E-state index contributed by atoms with van der Waals surface area (Å²) in [5.41, 5.74) is 1.50. The molecule has 0 fully saturated rings. The number of aryl methyl sites for hydroxylation is 2. The van der Waals surface area contributed by atoms with Crippen molar-refractivity contribution in [1.82, 2.24) is 0 Å². The monoisotopic (exact) mass is 282 g/mol. The van der Waals surface area contributed by atoms with E-state index in [1.54, 1.807) is 36.4 Å². The fourth-order valence-corrected chi connectivity index (χ4v) is 2.17. The van der Waals surface area contributed by atoms with Crippen LogP contribution in [0.2, 0.25) is 10.0 Å². The van der Waals surface area contributed by atoms with E-state index in [-0.39, 0.29) is 11.5 Å². The van der Waals surface area contributed by atoms with Crippen molar-refractivity contribution in [3.63, 3.8) is 0 Å². The fraction of sp³-hybridized carbons (Fsp3) is 0.143. The minimum atomic E-state index is 0.209. The Morgan fingerprint density at radius 3 is 1.50 bits per heavy atom. The van der Waals surface area contributed by atoms with Gasteiger partial charge in [0.2, 0.25) is 0 Å². The van der Waals surface area contributed by atoms with E-state index in [4.69, 9.17) is 23.2 Å². The molecule has 0 saturated heterocycles. The molecule has 2 nitrogen and oxygen atoms in total. The van der Waals surface area contributed by atoms with E-state index in [0.717, 1.165) is 11.1 Å². The van der Waals surface area contributed by atoms with Crippen molar-refractivity contribution in [2.75, 3.05) is 0 Å². The lowest BCUT2D eigenvalue weighted by Crippen LogP contribution is -1.93. The summed E-state index contributed by atoms with van der Waals surface area (Å²) in [5, 5.41) is 20.5. The highest BCUT2D eigenvalue weighted by Crippen LogP contribution is 2.26. The summed E-state index contributed by atoms with van der Waals surface area (Å²) in [6.45, 7) is 0. The second kappa shape index (κ2) is 5.51. The number of halogens is 2. The van der Waals surface area contributed by atoms with Crippen LogP contribution in [-0.2, 0) is 12.8 Å². The molecule has 0 aromatic heterocycles. The topological polar surface area (TPSA) is 40.5 Å². The molecule has 0 atom stereocenters. The number of benzene rings is 2. The van der Waals surface area contributed by atoms with Crippen molar-refractivity contribution in [2.45, 2.75) is 12.8 Å². The number of aromatic hydroxyl groups is 2. The highest BCUT2D eigenvalue weighted by Gasteiger charge is 2.06. The van der Waals surface area contributed by atoms with Gasteiger partial charge in [-0.3, -0.25) is 0 Å². The maximum absolute atomic E-state index is 9.69. The van der Waals surface area contributed by atoms with Gasteiger partial charge in [0.1, 0.15) is 11.5 Å². The van der Waals surface area contributed by atoms with Gasteiger partial charge in [0.25, 0.3) is 0 Å². The molecule has 0 saturated carbocycles. The lowest BCUT2D eigenvalue weighted by atomic mass is 10.0. The molecule has 94 valence electrons. The standard InChI is InChI=1S/C14H12Cl2O2/c15-11-3-5-13(17)9(7-11)1-2-10-8-12(16)4-6-14(10)18/h3-8,17-18H,1-2H2. The average Bonchev–Trinajstić information content (AvgIpc) is 2.34. The first-order valence-electron chi connectivity index (χ1n) is 5.51. The molecule has 0 aliphatic heterocycles. The second-order valence-corrected chi connectivity index (χ2v) is 4.92. The van der Waals surface area contributed by atoms with E-state index in [1.807, 2.05) is 0 Å². The van der Waals surface area contributed by atoms with Crippen LogP contribution in [0.3, 0.4) is 0 Å². The molecule has 0 heterocycles. The van der Waals surface area contributed by atoms with Crippen molar-refractivity contribution in [3.05, 3.63) is 57.6 Å². The number of hydrogen-bond acceptors (Lipinski definition) is 2. The zero-order valence-electron chi connectivity index (χ0n) is 9.53. The Labute approximate surface area is 115 Å². The van der Waals surface area contributed by atoms with Crippen molar-refractivity contribution < 1.29 is 10.2 Å². The minimum absolute atomic E-state index is 0.209. The first-order valence-corrected chi connectivity index (χ1v) is 6.26. The summed E-state index contributed by atoms with van der Waals surface area (Å²) in [6, 6.07) is 9.84. The summed E-state index contributed by atoms with van der Waals surface area (Å²) < 4.78 is 0. The van der Waals surface area contributed by atoms with E-state index < -0.39 is 0 Å². The average molecular weight is 283 g/mol. The molecule has 0 radical (unpaired) electrons. The molecule has 0 spiro atoms. The smallest absolute Gasteiger partial charge is 0.118 e. The Hall–Kier alpha value is -1.38. The van der Waals surface area contributed by atoms with Gasteiger partial charge in [-0.05, 0) is 60.4 Å². The maximum Gasteiger partial charge on any atom is 0.118 e. The zero-order chi connectivity index (χ0) is 13.1. The molecule has 4 heteroatoms. The summed E-state index contributed by atoms with van der Waals surface area (Å²) in [6.07, 6.45) is 1.17. The van der Waals surface area contributed by atoms with Crippen LogP contribution in [0, 0.1) is 0 Å². The predicted molar refractivity (Wildman–Crippen MR) is 73.6 cm³/mol. The van der Waals surface area contributed by atoms with Crippen molar-refractivity contribution >= 4 is 23.2 Å². The van der Waals surface area contributed by atoms with Crippen molar-refractivity contribution in [1.29, 1.82) is 0 Å². The van der Waals surface area contributed by atoms with Crippen LogP contribution < -0.4 is 0 Å². The third-order valence-corrected chi connectivity index (χ3v) is 3.22. The number of phenolic OH excluding ortho intramolecular Hbond substituents is 2. The van der Waals surface area contributed by atoms with E-state index >= 15 is 0 Å². The van der Waals surface area contributed by atoms with Gasteiger partial charge in [-0.1, -0.05) is 23.2 Å². The number of phenols is 2. The van der Waals surface area contributed by atoms with E-state index in [1.165, 1.54) is 0 Å². The van der Waals surface area contributed by atoms with Crippen molar-refractivity contribution in [3.8, 4) is 11.5 Å².